The van der Waals surface area contributed by atoms with Crippen LogP contribution < -0.4 is 5.32 Å². The fourth-order valence-electron chi connectivity index (χ4n) is 2.82. The van der Waals surface area contributed by atoms with E-state index in [0.717, 1.165) is 17.4 Å². The molecule has 1 atom stereocenters. The van der Waals surface area contributed by atoms with E-state index in [1.807, 2.05) is 0 Å². The van der Waals surface area contributed by atoms with Crippen molar-refractivity contribution in [3.63, 3.8) is 0 Å². The number of alkyl halides is 3. The molecule has 1 aliphatic rings. The summed E-state index contributed by atoms with van der Waals surface area (Å²) in [5.74, 6) is -0.369. The highest BCUT2D eigenvalue weighted by Crippen LogP contribution is 2.34. The summed E-state index contributed by atoms with van der Waals surface area (Å²) >= 11 is 0.903. The molecule has 2 aromatic rings. The zero-order valence-electron chi connectivity index (χ0n) is 13.2. The molecule has 1 fully saturated rings. The van der Waals surface area contributed by atoms with Gasteiger partial charge in [-0.25, -0.2) is 13.4 Å². The van der Waals surface area contributed by atoms with Crippen LogP contribution in [0.5, 0.6) is 0 Å². The molecule has 2 aromatic heterocycles. The summed E-state index contributed by atoms with van der Waals surface area (Å²) in [6, 6.07) is 2.21. The summed E-state index contributed by atoms with van der Waals surface area (Å²) in [7, 11) is -3.02. The van der Waals surface area contributed by atoms with Gasteiger partial charge in [-0.1, -0.05) is 0 Å². The summed E-state index contributed by atoms with van der Waals surface area (Å²) in [5, 5.41) is 3.19. The summed E-state index contributed by atoms with van der Waals surface area (Å²) < 4.78 is 61.1. The lowest BCUT2D eigenvalue weighted by Crippen LogP contribution is -2.29. The highest BCUT2D eigenvalue weighted by atomic mass is 32.2. The molecule has 1 N–H and O–H groups in total. The molecule has 10 heteroatoms. The Morgan fingerprint density at radius 1 is 1.40 bits per heavy atom. The van der Waals surface area contributed by atoms with Crippen molar-refractivity contribution in [1.29, 1.82) is 0 Å². The lowest BCUT2D eigenvalue weighted by atomic mass is 10.1. The largest absolute Gasteiger partial charge is 0.433 e. The predicted molar refractivity (Wildman–Crippen MR) is 88.5 cm³/mol. The Balaban J connectivity index is 1.78. The number of fused-ring (bicyclic) bond motifs is 1. The molecule has 5 nitrogen and oxygen atoms in total. The maximum absolute atomic E-state index is 12.8. The smallest absolute Gasteiger partial charge is 0.351 e. The van der Waals surface area contributed by atoms with Gasteiger partial charge in [0.1, 0.15) is 10.5 Å². The van der Waals surface area contributed by atoms with Gasteiger partial charge in [-0.3, -0.25) is 4.79 Å². The Labute approximate surface area is 146 Å². The summed E-state index contributed by atoms with van der Waals surface area (Å²) in [5.41, 5.74) is -0.429. The van der Waals surface area contributed by atoms with Gasteiger partial charge in [0.2, 0.25) is 0 Å². The van der Waals surface area contributed by atoms with E-state index in [4.69, 9.17) is 0 Å². The van der Waals surface area contributed by atoms with Crippen LogP contribution in [0.25, 0.3) is 10.2 Å². The lowest BCUT2D eigenvalue weighted by molar-refractivity contribution is -0.140. The Morgan fingerprint density at radius 3 is 2.72 bits per heavy atom. The van der Waals surface area contributed by atoms with Crippen LogP contribution in [0.3, 0.4) is 0 Å². The average molecular weight is 392 g/mol. The standard InChI is InChI=1S/C15H15F3N2O3S2/c1-8-10-2-3-11(15(16,17)18)20-14(10)24-12(8)13(21)19-6-9-4-5-25(22,23)7-9/h2-3,9H,4-7H2,1H3,(H,19,21)/t9-/m1/s1. The fourth-order valence-corrected chi connectivity index (χ4v) is 5.78. The number of hydrogen-bond donors (Lipinski definition) is 1. The van der Waals surface area contributed by atoms with Gasteiger partial charge in [0.15, 0.2) is 9.84 Å². The monoisotopic (exact) mass is 392 g/mol. The summed E-state index contributed by atoms with van der Waals surface area (Å²) in [6.07, 6.45) is -4.03. The van der Waals surface area contributed by atoms with Crippen molar-refractivity contribution in [3.05, 3.63) is 28.3 Å². The molecule has 0 saturated carbocycles. The first-order valence-electron chi connectivity index (χ1n) is 7.53. The van der Waals surface area contributed by atoms with Crippen molar-refractivity contribution in [3.8, 4) is 0 Å². The molecule has 1 saturated heterocycles. The molecule has 1 amide bonds. The van der Waals surface area contributed by atoms with Gasteiger partial charge in [-0.15, -0.1) is 11.3 Å². The summed E-state index contributed by atoms with van der Waals surface area (Å²) in [4.78, 5) is 16.4. The zero-order chi connectivity index (χ0) is 18.4. The molecule has 136 valence electrons. The number of carbonyl (C=O) groups excluding carboxylic acids is 1. The fraction of sp³-hybridized carbons (Fsp3) is 0.467. The van der Waals surface area contributed by atoms with Crippen LogP contribution in [-0.4, -0.2) is 37.4 Å². The molecule has 25 heavy (non-hydrogen) atoms. The SMILES string of the molecule is Cc1c(C(=O)NC[C@H]2CCS(=O)(=O)C2)sc2nc(C(F)(F)F)ccc12. The average Bonchev–Trinajstić information content (AvgIpc) is 3.03. The molecule has 0 aromatic carbocycles. The molecular weight excluding hydrogens is 377 g/mol. The van der Waals surface area contributed by atoms with E-state index in [0.29, 0.717) is 22.2 Å². The molecule has 3 heterocycles. The highest BCUT2D eigenvalue weighted by Gasteiger charge is 2.33. The minimum Gasteiger partial charge on any atom is -0.351 e. The van der Waals surface area contributed by atoms with Crippen LogP contribution in [0.2, 0.25) is 0 Å². The van der Waals surface area contributed by atoms with Gasteiger partial charge in [-0.05, 0) is 37.0 Å². The third-order valence-corrected chi connectivity index (χ3v) is 7.22. The molecule has 0 bridgehead atoms. The van der Waals surface area contributed by atoms with E-state index in [1.165, 1.54) is 6.07 Å². The van der Waals surface area contributed by atoms with Crippen LogP contribution in [0.4, 0.5) is 13.2 Å². The van der Waals surface area contributed by atoms with Crippen molar-refractivity contribution in [2.24, 2.45) is 5.92 Å². The maximum Gasteiger partial charge on any atom is 0.433 e. The van der Waals surface area contributed by atoms with Crippen LogP contribution in [-0.2, 0) is 16.0 Å². The predicted octanol–water partition coefficient (Wildman–Crippen LogP) is 2.79. The first-order chi connectivity index (χ1) is 11.6. The quantitative estimate of drug-likeness (QED) is 0.872. The van der Waals surface area contributed by atoms with Gasteiger partial charge in [-0.2, -0.15) is 13.2 Å². The molecule has 0 radical (unpaired) electrons. The molecule has 0 unspecified atom stereocenters. The Bertz CT molecular complexity index is 935. The number of carbonyl (C=O) groups is 1. The van der Waals surface area contributed by atoms with Crippen molar-refractivity contribution < 1.29 is 26.4 Å². The minimum absolute atomic E-state index is 0.0508. The molecule has 3 rings (SSSR count). The Kier molecular flexibility index (Phi) is 4.52. The van der Waals surface area contributed by atoms with E-state index >= 15 is 0 Å². The molecule has 1 aliphatic heterocycles. The highest BCUT2D eigenvalue weighted by molar-refractivity contribution is 7.91. The van der Waals surface area contributed by atoms with Gasteiger partial charge in [0, 0.05) is 11.9 Å². The number of hydrogen-bond acceptors (Lipinski definition) is 5. The maximum atomic E-state index is 12.8. The minimum atomic E-state index is -4.54. The Morgan fingerprint density at radius 2 is 2.12 bits per heavy atom. The number of sulfone groups is 1. The van der Waals surface area contributed by atoms with Gasteiger partial charge in [0.05, 0.1) is 16.4 Å². The van der Waals surface area contributed by atoms with Crippen LogP contribution in [0.1, 0.15) is 27.3 Å². The molecule has 0 spiro atoms. The Hall–Kier alpha value is -1.68. The van der Waals surface area contributed by atoms with Crippen molar-refractivity contribution in [2.75, 3.05) is 18.1 Å². The van der Waals surface area contributed by atoms with E-state index in [9.17, 15) is 26.4 Å². The summed E-state index contributed by atoms with van der Waals surface area (Å²) in [6.45, 7) is 1.88. The number of amides is 1. The van der Waals surface area contributed by atoms with Crippen molar-refractivity contribution in [2.45, 2.75) is 19.5 Å². The lowest BCUT2D eigenvalue weighted by Gasteiger charge is -2.09. The number of nitrogens with one attached hydrogen (secondary N) is 1. The number of rotatable bonds is 3. The number of thiophene rings is 1. The van der Waals surface area contributed by atoms with Gasteiger partial charge >= 0.3 is 6.18 Å². The second-order valence-corrected chi connectivity index (χ2v) is 9.31. The van der Waals surface area contributed by atoms with Crippen LogP contribution in [0.15, 0.2) is 12.1 Å². The second-order valence-electron chi connectivity index (χ2n) is 6.08. The molecular formula is C15H15F3N2O3S2. The third-order valence-electron chi connectivity index (χ3n) is 4.18. The third kappa shape index (κ3) is 3.79. The van der Waals surface area contributed by atoms with Crippen molar-refractivity contribution in [1.82, 2.24) is 10.3 Å². The second kappa shape index (κ2) is 6.24. The number of pyridine rings is 1. The normalized spacial score (nSPS) is 20.1. The van der Waals surface area contributed by atoms with Gasteiger partial charge < -0.3 is 5.32 Å². The van der Waals surface area contributed by atoms with E-state index < -0.39 is 27.6 Å². The van der Waals surface area contributed by atoms with Crippen LogP contribution >= 0.6 is 11.3 Å². The molecule has 0 aliphatic carbocycles. The zero-order valence-corrected chi connectivity index (χ0v) is 14.8. The van der Waals surface area contributed by atoms with Crippen LogP contribution in [0, 0.1) is 12.8 Å². The number of aryl methyl sites for hydroxylation is 1. The van der Waals surface area contributed by atoms with Gasteiger partial charge in [0.25, 0.3) is 5.91 Å². The number of nitrogens with zero attached hydrogens (tertiary/aromatic N) is 1. The van der Waals surface area contributed by atoms with E-state index in [2.05, 4.69) is 10.3 Å². The van der Waals surface area contributed by atoms with Crippen molar-refractivity contribution >= 4 is 37.3 Å². The van der Waals surface area contributed by atoms with E-state index in [-0.39, 0.29) is 28.8 Å². The van der Waals surface area contributed by atoms with E-state index in [1.54, 1.807) is 6.92 Å². The number of aromatic nitrogens is 1. The first kappa shape index (κ1) is 18.1. The first-order valence-corrected chi connectivity index (χ1v) is 10.2. The number of halogens is 3. The topological polar surface area (TPSA) is 76.1 Å².